The SMILES string of the molecule is CC(=O)O.CC1CNc2c(cccc2S(=O)(=O)N[C@@H](CCCN=C(N)N)C(=O)N2CCC(CCOC(=O)C(C)(C)CC(=O)O)CC2)C1. The van der Waals surface area contributed by atoms with E-state index >= 15 is 0 Å². The number of carboxylic acid groups (broad SMARTS) is 2. The van der Waals surface area contributed by atoms with Crippen LogP contribution in [0.15, 0.2) is 28.1 Å². The van der Waals surface area contributed by atoms with Crippen molar-refractivity contribution in [1.82, 2.24) is 9.62 Å². The first-order valence-electron chi connectivity index (χ1n) is 15.7. The predicted octanol–water partition coefficient (Wildman–Crippen LogP) is 1.75. The molecule has 1 aromatic rings. The summed E-state index contributed by atoms with van der Waals surface area (Å²) in [6, 6.07) is 4.19. The molecule has 0 aromatic heterocycles. The Kier molecular flexibility index (Phi) is 14.9. The van der Waals surface area contributed by atoms with Gasteiger partial charge in [0, 0.05) is 33.1 Å². The second kappa shape index (κ2) is 17.8. The Labute approximate surface area is 276 Å². The Bertz CT molecular complexity index is 1380. The molecule has 1 amide bonds. The first kappa shape index (κ1) is 39.3. The van der Waals surface area contributed by atoms with Gasteiger partial charge < -0.3 is 36.6 Å². The van der Waals surface area contributed by atoms with Crippen LogP contribution in [0.5, 0.6) is 0 Å². The molecule has 0 radical (unpaired) electrons. The molecule has 1 saturated heterocycles. The van der Waals surface area contributed by atoms with Crippen molar-refractivity contribution in [2.24, 2.45) is 33.7 Å². The summed E-state index contributed by atoms with van der Waals surface area (Å²) in [7, 11) is -4.04. The number of nitrogens with one attached hydrogen (secondary N) is 2. The normalized spacial score (nSPS) is 17.2. The van der Waals surface area contributed by atoms with Crippen molar-refractivity contribution >= 4 is 45.5 Å². The first-order chi connectivity index (χ1) is 21.9. The third kappa shape index (κ3) is 13.0. The highest BCUT2D eigenvalue weighted by molar-refractivity contribution is 7.89. The molecule has 15 nitrogen and oxygen atoms in total. The number of carbonyl (C=O) groups excluding carboxylic acids is 2. The number of guanidine groups is 1. The van der Waals surface area contributed by atoms with Gasteiger partial charge in [0.1, 0.15) is 10.9 Å². The van der Waals surface area contributed by atoms with Gasteiger partial charge in [0.2, 0.25) is 15.9 Å². The van der Waals surface area contributed by atoms with Crippen molar-refractivity contribution in [2.75, 3.05) is 38.1 Å². The van der Waals surface area contributed by atoms with Crippen molar-refractivity contribution in [2.45, 2.75) is 83.6 Å². The van der Waals surface area contributed by atoms with Gasteiger partial charge in [-0.25, -0.2) is 8.42 Å². The second-order valence-corrected chi connectivity index (χ2v) is 14.5. The van der Waals surface area contributed by atoms with Crippen molar-refractivity contribution in [3.63, 3.8) is 0 Å². The molecule has 3 rings (SSSR count). The smallest absolute Gasteiger partial charge is 0.312 e. The summed E-state index contributed by atoms with van der Waals surface area (Å²) in [6.45, 7) is 8.23. The lowest BCUT2D eigenvalue weighted by Crippen LogP contribution is -2.50. The van der Waals surface area contributed by atoms with Gasteiger partial charge in [-0.3, -0.25) is 24.2 Å². The lowest BCUT2D eigenvalue weighted by molar-refractivity contribution is -0.159. The van der Waals surface area contributed by atoms with Crippen molar-refractivity contribution in [3.8, 4) is 0 Å². The van der Waals surface area contributed by atoms with E-state index in [0.717, 1.165) is 18.9 Å². The fraction of sp³-hybridized carbons (Fsp3) is 0.645. The molecule has 2 heterocycles. The van der Waals surface area contributed by atoms with Crippen molar-refractivity contribution < 1.29 is 42.5 Å². The van der Waals surface area contributed by atoms with E-state index in [-0.39, 0.29) is 48.7 Å². The van der Waals surface area contributed by atoms with Crippen LogP contribution in [0, 0.1) is 17.3 Å². The Morgan fingerprint density at radius 1 is 1.17 bits per heavy atom. The maximum Gasteiger partial charge on any atom is 0.312 e. The van der Waals surface area contributed by atoms with Gasteiger partial charge in [-0.2, -0.15) is 4.72 Å². The number of rotatable bonds is 14. The summed E-state index contributed by atoms with van der Waals surface area (Å²) in [4.78, 5) is 51.7. The number of aliphatic imine (C=N–C) groups is 1. The standard InChI is InChI=1S/C29H46N6O7S.C2H4O2/c1-19-16-21-6-4-8-23(25(21)33-18-19)43(40,41)34-22(7-5-12-32-28(30)31)26(38)35-13-9-20(10-14-35)11-15-42-27(39)29(2,3)17-24(36)37;1-2(3)4/h4,6,8,19-20,22,33-34H,5,7,9-18H2,1-3H3,(H,36,37)(H4,30,31,32);1H3,(H,3,4)/t19?,22-;/m0./s1. The van der Waals surface area contributed by atoms with E-state index < -0.39 is 39.4 Å². The van der Waals surface area contributed by atoms with E-state index in [9.17, 15) is 22.8 Å². The number of fused-ring (bicyclic) bond motifs is 1. The highest BCUT2D eigenvalue weighted by Crippen LogP contribution is 2.32. The minimum absolute atomic E-state index is 0.0714. The number of aliphatic carboxylic acids is 2. The van der Waals surface area contributed by atoms with Crippen molar-refractivity contribution in [1.29, 1.82) is 0 Å². The van der Waals surface area contributed by atoms with E-state index in [0.29, 0.717) is 56.9 Å². The van der Waals surface area contributed by atoms with Gasteiger partial charge in [-0.1, -0.05) is 19.1 Å². The molecule has 1 aromatic carbocycles. The van der Waals surface area contributed by atoms with Crippen LogP contribution < -0.4 is 21.5 Å². The average molecular weight is 683 g/mol. The zero-order valence-corrected chi connectivity index (χ0v) is 28.5. The fourth-order valence-electron chi connectivity index (χ4n) is 5.51. The van der Waals surface area contributed by atoms with Gasteiger partial charge in [0.05, 0.1) is 24.1 Å². The number of nitrogens with two attached hydrogens (primary N) is 2. The zero-order valence-electron chi connectivity index (χ0n) is 27.7. The van der Waals surface area contributed by atoms with Crippen LogP contribution in [0.1, 0.15) is 71.8 Å². The molecule has 0 spiro atoms. The van der Waals surface area contributed by atoms with E-state index in [1.807, 2.05) is 6.07 Å². The maximum atomic E-state index is 13.7. The molecule has 264 valence electrons. The molecular formula is C31H50N6O9S. The number of ether oxygens (including phenoxy) is 1. The number of piperidine rings is 1. The van der Waals surface area contributed by atoms with Crippen LogP contribution in [0.3, 0.4) is 0 Å². The summed E-state index contributed by atoms with van der Waals surface area (Å²) < 4.78 is 35.2. The van der Waals surface area contributed by atoms with Crippen LogP contribution in [-0.2, 0) is 40.4 Å². The lowest BCUT2D eigenvalue weighted by Gasteiger charge is -2.34. The van der Waals surface area contributed by atoms with E-state index in [4.69, 9.17) is 31.2 Å². The maximum absolute atomic E-state index is 13.7. The van der Waals surface area contributed by atoms with Gasteiger partial charge >= 0.3 is 11.9 Å². The summed E-state index contributed by atoms with van der Waals surface area (Å²) in [5.74, 6) is -2.24. The van der Waals surface area contributed by atoms with Gasteiger partial charge in [0.15, 0.2) is 5.96 Å². The molecule has 8 N–H and O–H groups in total. The van der Waals surface area contributed by atoms with Crippen molar-refractivity contribution in [3.05, 3.63) is 23.8 Å². The molecule has 1 unspecified atom stereocenters. The Balaban J connectivity index is 0.00000181. The summed E-state index contributed by atoms with van der Waals surface area (Å²) >= 11 is 0. The number of hydrogen-bond acceptors (Lipinski definition) is 9. The number of para-hydroxylation sites is 1. The topological polar surface area (TPSA) is 244 Å². The molecule has 16 heteroatoms. The highest BCUT2D eigenvalue weighted by Gasteiger charge is 2.34. The largest absolute Gasteiger partial charge is 0.481 e. The van der Waals surface area contributed by atoms with E-state index in [1.165, 1.54) is 0 Å². The number of carbonyl (C=O) groups is 4. The number of nitrogens with zero attached hydrogens (tertiary/aromatic N) is 2. The average Bonchev–Trinajstić information content (AvgIpc) is 2.97. The summed E-state index contributed by atoms with van der Waals surface area (Å²) in [5.41, 5.74) is 11.2. The summed E-state index contributed by atoms with van der Waals surface area (Å²) in [6.07, 6.45) is 3.01. The van der Waals surface area contributed by atoms with Crippen LogP contribution in [-0.4, -0.2) is 92.1 Å². The number of benzene rings is 1. The first-order valence-corrected chi connectivity index (χ1v) is 17.2. The number of hydrogen-bond donors (Lipinski definition) is 6. The molecule has 1 fully saturated rings. The van der Waals surface area contributed by atoms with Crippen LogP contribution >= 0.6 is 0 Å². The lowest BCUT2D eigenvalue weighted by atomic mass is 9.89. The number of anilines is 1. The van der Waals surface area contributed by atoms with E-state index in [1.54, 1.807) is 30.9 Å². The number of likely N-dealkylation sites (tertiary alicyclic amines) is 1. The van der Waals surface area contributed by atoms with Gasteiger partial charge in [-0.05, 0) is 75.8 Å². The Morgan fingerprint density at radius 2 is 1.81 bits per heavy atom. The molecule has 0 aliphatic carbocycles. The van der Waals surface area contributed by atoms with Crippen LogP contribution in [0.2, 0.25) is 0 Å². The van der Waals surface area contributed by atoms with E-state index in [2.05, 4.69) is 22.0 Å². The number of esters is 1. The fourth-order valence-corrected chi connectivity index (χ4v) is 6.96. The third-order valence-corrected chi connectivity index (χ3v) is 9.48. The minimum atomic E-state index is -4.04. The number of sulfonamides is 1. The zero-order chi connectivity index (χ0) is 35.4. The molecule has 2 aliphatic rings. The number of carboxylic acids is 2. The predicted molar refractivity (Wildman–Crippen MR) is 176 cm³/mol. The molecule has 0 bridgehead atoms. The molecule has 2 atom stereocenters. The molecular weight excluding hydrogens is 632 g/mol. The highest BCUT2D eigenvalue weighted by atomic mass is 32.2. The monoisotopic (exact) mass is 682 g/mol. The third-order valence-electron chi connectivity index (χ3n) is 7.97. The Morgan fingerprint density at radius 3 is 2.40 bits per heavy atom. The van der Waals surface area contributed by atoms with Gasteiger partial charge in [0.25, 0.3) is 5.97 Å². The summed E-state index contributed by atoms with van der Waals surface area (Å²) in [5, 5.41) is 19.7. The minimum Gasteiger partial charge on any atom is -0.481 e. The molecule has 0 saturated carbocycles. The molecule has 2 aliphatic heterocycles. The number of amides is 1. The second-order valence-electron chi connectivity index (χ2n) is 12.8. The van der Waals surface area contributed by atoms with Gasteiger partial charge in [-0.15, -0.1) is 0 Å². The Hall–Kier alpha value is -3.92. The quantitative estimate of drug-likeness (QED) is 0.0712. The van der Waals surface area contributed by atoms with Crippen LogP contribution in [0.4, 0.5) is 5.69 Å². The van der Waals surface area contributed by atoms with Crippen LogP contribution in [0.25, 0.3) is 0 Å². The molecule has 47 heavy (non-hydrogen) atoms.